The second kappa shape index (κ2) is 4.03. The molecule has 0 radical (unpaired) electrons. The Morgan fingerprint density at radius 2 is 2.38 bits per heavy atom. The van der Waals surface area contributed by atoms with Crippen molar-refractivity contribution in [3.63, 3.8) is 0 Å². The molecule has 0 bridgehead atoms. The molecule has 0 saturated carbocycles. The SMILES string of the molecule is Cc1cnc(NS(=O)(=O)CCN)s1. The van der Waals surface area contributed by atoms with Crippen molar-refractivity contribution in [3.8, 4) is 0 Å². The molecule has 1 rings (SSSR count). The highest BCUT2D eigenvalue weighted by Crippen LogP contribution is 2.17. The molecule has 0 aliphatic heterocycles. The average Bonchev–Trinajstić information content (AvgIpc) is 2.34. The third-order valence-corrected chi connectivity index (χ3v) is 3.49. The van der Waals surface area contributed by atoms with Crippen LogP contribution in [0.2, 0.25) is 0 Å². The van der Waals surface area contributed by atoms with Crippen LogP contribution in [0, 0.1) is 6.92 Å². The molecule has 0 unspecified atom stereocenters. The van der Waals surface area contributed by atoms with Crippen LogP contribution in [-0.2, 0) is 10.0 Å². The Morgan fingerprint density at radius 1 is 1.69 bits per heavy atom. The number of aryl methyl sites for hydroxylation is 1. The number of hydrogen-bond donors (Lipinski definition) is 2. The highest BCUT2D eigenvalue weighted by Gasteiger charge is 2.10. The largest absolute Gasteiger partial charge is 0.329 e. The molecule has 0 saturated heterocycles. The Morgan fingerprint density at radius 3 is 2.85 bits per heavy atom. The minimum atomic E-state index is -3.30. The van der Waals surface area contributed by atoms with Gasteiger partial charge in [-0.2, -0.15) is 0 Å². The number of thiazole rings is 1. The average molecular weight is 221 g/mol. The van der Waals surface area contributed by atoms with E-state index in [2.05, 4.69) is 9.71 Å². The highest BCUT2D eigenvalue weighted by molar-refractivity contribution is 7.92. The van der Waals surface area contributed by atoms with Crippen LogP contribution in [0.4, 0.5) is 5.13 Å². The van der Waals surface area contributed by atoms with Crippen LogP contribution in [0.25, 0.3) is 0 Å². The summed E-state index contributed by atoms with van der Waals surface area (Å²) in [7, 11) is -3.30. The van der Waals surface area contributed by atoms with Crippen LogP contribution in [0.3, 0.4) is 0 Å². The lowest BCUT2D eigenvalue weighted by Crippen LogP contribution is -2.22. The van der Waals surface area contributed by atoms with Crippen molar-refractivity contribution < 1.29 is 8.42 Å². The van der Waals surface area contributed by atoms with Gasteiger partial charge in [-0.1, -0.05) is 0 Å². The third-order valence-electron chi connectivity index (χ3n) is 1.25. The van der Waals surface area contributed by atoms with Crippen molar-refractivity contribution in [2.45, 2.75) is 6.92 Å². The lowest BCUT2D eigenvalue weighted by Gasteiger charge is -2.01. The van der Waals surface area contributed by atoms with Gasteiger partial charge in [0.05, 0.1) is 5.75 Å². The van der Waals surface area contributed by atoms with Crippen LogP contribution in [0.15, 0.2) is 6.20 Å². The van der Waals surface area contributed by atoms with Crippen molar-refractivity contribution in [1.29, 1.82) is 0 Å². The first-order chi connectivity index (χ1) is 6.03. The molecule has 5 nitrogen and oxygen atoms in total. The molecule has 0 aromatic carbocycles. The second-order valence-electron chi connectivity index (χ2n) is 2.49. The first kappa shape index (κ1) is 10.4. The monoisotopic (exact) mass is 221 g/mol. The van der Waals surface area contributed by atoms with E-state index in [1.807, 2.05) is 6.92 Å². The van der Waals surface area contributed by atoms with Gasteiger partial charge in [-0.3, -0.25) is 4.72 Å². The van der Waals surface area contributed by atoms with E-state index in [0.717, 1.165) is 4.88 Å². The lowest BCUT2D eigenvalue weighted by molar-refractivity contribution is 0.601. The van der Waals surface area contributed by atoms with E-state index in [1.165, 1.54) is 11.3 Å². The Labute approximate surface area is 81.0 Å². The lowest BCUT2D eigenvalue weighted by atomic mass is 10.7. The van der Waals surface area contributed by atoms with Crippen LogP contribution >= 0.6 is 11.3 Å². The maximum atomic E-state index is 11.2. The number of nitrogens with one attached hydrogen (secondary N) is 1. The Bertz CT molecular complexity index is 371. The van der Waals surface area contributed by atoms with E-state index in [9.17, 15) is 8.42 Å². The maximum Gasteiger partial charge on any atom is 0.235 e. The Hall–Kier alpha value is -0.660. The molecule has 0 amide bonds. The number of nitrogens with two attached hydrogens (primary N) is 1. The Balaban J connectivity index is 2.69. The summed E-state index contributed by atoms with van der Waals surface area (Å²) in [5.74, 6) is -0.0778. The number of rotatable bonds is 4. The summed E-state index contributed by atoms with van der Waals surface area (Å²) < 4.78 is 24.7. The van der Waals surface area contributed by atoms with Gasteiger partial charge in [0.1, 0.15) is 0 Å². The standard InChI is InChI=1S/C6H11N3O2S2/c1-5-4-8-6(12-5)9-13(10,11)3-2-7/h4H,2-3,7H2,1H3,(H,8,9). The predicted octanol–water partition coefficient (Wildman–Crippen LogP) is 0.152. The van der Waals surface area contributed by atoms with Gasteiger partial charge in [-0.25, -0.2) is 13.4 Å². The molecule has 3 N–H and O–H groups in total. The molecule has 13 heavy (non-hydrogen) atoms. The number of nitrogens with zero attached hydrogens (tertiary/aromatic N) is 1. The van der Waals surface area contributed by atoms with Crippen molar-refractivity contribution in [2.24, 2.45) is 5.73 Å². The minimum Gasteiger partial charge on any atom is -0.329 e. The quantitative estimate of drug-likeness (QED) is 0.758. The smallest absolute Gasteiger partial charge is 0.235 e. The molecule has 1 aromatic heterocycles. The van der Waals surface area contributed by atoms with E-state index in [4.69, 9.17) is 5.73 Å². The van der Waals surface area contributed by atoms with Crippen LogP contribution in [-0.4, -0.2) is 25.7 Å². The van der Waals surface area contributed by atoms with Gasteiger partial charge >= 0.3 is 0 Å². The molecule has 1 aromatic rings. The third kappa shape index (κ3) is 3.29. The van der Waals surface area contributed by atoms with Crippen molar-refractivity contribution in [3.05, 3.63) is 11.1 Å². The predicted molar refractivity (Wildman–Crippen MR) is 53.3 cm³/mol. The molecule has 0 spiro atoms. The first-order valence-electron chi connectivity index (χ1n) is 3.66. The van der Waals surface area contributed by atoms with Crippen molar-refractivity contribution >= 4 is 26.5 Å². The number of anilines is 1. The van der Waals surface area contributed by atoms with Crippen LogP contribution < -0.4 is 10.5 Å². The molecule has 1 heterocycles. The first-order valence-corrected chi connectivity index (χ1v) is 6.13. The summed E-state index contributed by atoms with van der Waals surface area (Å²) in [5.41, 5.74) is 5.14. The zero-order valence-electron chi connectivity index (χ0n) is 7.15. The second-order valence-corrected chi connectivity index (χ2v) is 5.56. The van der Waals surface area contributed by atoms with E-state index in [-0.39, 0.29) is 12.3 Å². The molecule has 7 heteroatoms. The zero-order valence-corrected chi connectivity index (χ0v) is 8.78. The van der Waals surface area contributed by atoms with Gasteiger partial charge in [-0.15, -0.1) is 11.3 Å². The number of sulfonamides is 1. The van der Waals surface area contributed by atoms with E-state index in [0.29, 0.717) is 5.13 Å². The molecule has 0 atom stereocenters. The van der Waals surface area contributed by atoms with Gasteiger partial charge in [0.2, 0.25) is 10.0 Å². The molecule has 74 valence electrons. The molecular formula is C6H11N3O2S2. The fourth-order valence-corrected chi connectivity index (χ4v) is 2.54. The zero-order chi connectivity index (χ0) is 9.90. The maximum absolute atomic E-state index is 11.2. The molecule has 0 aliphatic carbocycles. The summed E-state index contributed by atoms with van der Waals surface area (Å²) >= 11 is 1.30. The van der Waals surface area contributed by atoms with Gasteiger partial charge in [-0.05, 0) is 6.92 Å². The van der Waals surface area contributed by atoms with Gasteiger partial charge < -0.3 is 5.73 Å². The highest BCUT2D eigenvalue weighted by atomic mass is 32.2. The van der Waals surface area contributed by atoms with E-state index >= 15 is 0 Å². The summed E-state index contributed by atoms with van der Waals surface area (Å²) in [6.45, 7) is 1.97. The Kier molecular flexibility index (Phi) is 3.23. The normalized spacial score (nSPS) is 11.5. The number of hydrogen-bond acceptors (Lipinski definition) is 5. The summed E-state index contributed by atoms with van der Waals surface area (Å²) in [5, 5.41) is 0.394. The van der Waals surface area contributed by atoms with Crippen LogP contribution in [0.1, 0.15) is 4.88 Å². The fourth-order valence-electron chi connectivity index (χ4n) is 0.741. The minimum absolute atomic E-state index is 0.0778. The molecule has 0 fully saturated rings. The molecule has 0 aliphatic rings. The summed E-state index contributed by atoms with van der Waals surface area (Å²) in [6, 6.07) is 0. The molecular weight excluding hydrogens is 210 g/mol. The van der Waals surface area contributed by atoms with E-state index < -0.39 is 10.0 Å². The van der Waals surface area contributed by atoms with Gasteiger partial charge in [0.25, 0.3) is 0 Å². The van der Waals surface area contributed by atoms with Gasteiger partial charge in [0.15, 0.2) is 5.13 Å². The fraction of sp³-hybridized carbons (Fsp3) is 0.500. The van der Waals surface area contributed by atoms with E-state index in [1.54, 1.807) is 6.20 Å². The van der Waals surface area contributed by atoms with Gasteiger partial charge in [0, 0.05) is 17.6 Å². The summed E-state index contributed by atoms with van der Waals surface area (Å²) in [4.78, 5) is 4.83. The van der Waals surface area contributed by atoms with Crippen molar-refractivity contribution in [2.75, 3.05) is 17.0 Å². The topological polar surface area (TPSA) is 85.1 Å². The summed E-state index contributed by atoms with van der Waals surface area (Å²) in [6.07, 6.45) is 1.62. The van der Waals surface area contributed by atoms with Crippen molar-refractivity contribution in [1.82, 2.24) is 4.98 Å². The van der Waals surface area contributed by atoms with Crippen LogP contribution in [0.5, 0.6) is 0 Å². The number of aromatic nitrogens is 1.